The Labute approximate surface area is 162 Å². The fourth-order valence-electron chi connectivity index (χ4n) is 3.57. The number of amides is 2. The van der Waals surface area contributed by atoms with Crippen LogP contribution in [0.3, 0.4) is 0 Å². The van der Waals surface area contributed by atoms with E-state index in [0.717, 1.165) is 44.6 Å². The van der Waals surface area contributed by atoms with Crippen LogP contribution in [0.25, 0.3) is 0 Å². The van der Waals surface area contributed by atoms with E-state index in [1.54, 1.807) is 11.1 Å². The van der Waals surface area contributed by atoms with Gasteiger partial charge in [-0.15, -0.1) is 0 Å². The summed E-state index contributed by atoms with van der Waals surface area (Å²) in [6.07, 6.45) is 5.83. The lowest BCUT2D eigenvalue weighted by Crippen LogP contribution is -2.43. The van der Waals surface area contributed by atoms with Crippen LogP contribution in [-0.2, 0) is 6.54 Å². The smallest absolute Gasteiger partial charge is 0.317 e. The number of nitrogens with one attached hydrogen (secondary N) is 1. The Bertz CT molecular complexity index is 699. The van der Waals surface area contributed by atoms with Gasteiger partial charge in [0.25, 0.3) is 0 Å². The van der Waals surface area contributed by atoms with Crippen molar-refractivity contribution in [3.8, 4) is 0 Å². The van der Waals surface area contributed by atoms with E-state index >= 15 is 0 Å². The predicted molar refractivity (Wildman–Crippen MR) is 108 cm³/mol. The standard InChI is InChI=1S/C22H30N4O/c1-18(21-9-6-12-23-16-21)25(2)22(27)24-15-19-10-13-26(14-11-19)17-20-7-4-3-5-8-20/h3-9,12,16,18-19H,10-11,13-15,17H2,1-2H3,(H,24,27). The van der Waals surface area contributed by atoms with Crippen LogP contribution < -0.4 is 5.32 Å². The van der Waals surface area contributed by atoms with Gasteiger partial charge in [-0.3, -0.25) is 9.88 Å². The molecule has 5 nitrogen and oxygen atoms in total. The Balaban J connectivity index is 1.40. The molecule has 2 aromatic rings. The molecule has 1 saturated heterocycles. The Morgan fingerprint density at radius 3 is 2.63 bits per heavy atom. The van der Waals surface area contributed by atoms with E-state index in [9.17, 15) is 4.79 Å². The van der Waals surface area contributed by atoms with Crippen molar-refractivity contribution < 1.29 is 4.79 Å². The molecule has 3 rings (SSSR count). The number of aromatic nitrogens is 1. The first kappa shape index (κ1) is 19.4. The molecule has 27 heavy (non-hydrogen) atoms. The molecule has 1 aliphatic rings. The molecule has 1 fully saturated rings. The van der Waals surface area contributed by atoms with Crippen LogP contribution in [0.1, 0.15) is 36.9 Å². The number of urea groups is 1. The van der Waals surface area contributed by atoms with Crippen LogP contribution >= 0.6 is 0 Å². The molecular weight excluding hydrogens is 336 g/mol. The van der Waals surface area contributed by atoms with Crippen LogP contribution in [0.2, 0.25) is 0 Å². The van der Waals surface area contributed by atoms with Crippen molar-refractivity contribution >= 4 is 6.03 Å². The average Bonchev–Trinajstić information content (AvgIpc) is 2.73. The number of hydrogen-bond acceptors (Lipinski definition) is 3. The maximum Gasteiger partial charge on any atom is 0.317 e. The zero-order valence-corrected chi connectivity index (χ0v) is 16.3. The quantitative estimate of drug-likeness (QED) is 0.848. The fraction of sp³-hybridized carbons (Fsp3) is 0.455. The minimum Gasteiger partial charge on any atom is -0.338 e. The monoisotopic (exact) mass is 366 g/mol. The number of likely N-dealkylation sites (tertiary alicyclic amines) is 1. The lowest BCUT2D eigenvalue weighted by atomic mass is 9.96. The Morgan fingerprint density at radius 1 is 1.22 bits per heavy atom. The number of benzene rings is 1. The molecule has 0 radical (unpaired) electrons. The molecule has 1 aromatic carbocycles. The van der Waals surface area contributed by atoms with Gasteiger partial charge < -0.3 is 10.2 Å². The average molecular weight is 367 g/mol. The second-order valence-electron chi connectivity index (χ2n) is 7.46. The highest BCUT2D eigenvalue weighted by Crippen LogP contribution is 2.20. The molecule has 0 aliphatic carbocycles. The second-order valence-corrected chi connectivity index (χ2v) is 7.46. The first-order valence-electron chi connectivity index (χ1n) is 9.80. The third-order valence-electron chi connectivity index (χ3n) is 5.57. The van der Waals surface area contributed by atoms with Crippen LogP contribution in [0.4, 0.5) is 4.79 Å². The van der Waals surface area contributed by atoms with Gasteiger partial charge in [0.2, 0.25) is 0 Å². The Morgan fingerprint density at radius 2 is 1.96 bits per heavy atom. The molecule has 2 heterocycles. The summed E-state index contributed by atoms with van der Waals surface area (Å²) in [4.78, 5) is 20.9. The molecule has 1 N–H and O–H groups in total. The first-order valence-corrected chi connectivity index (χ1v) is 9.80. The number of carbonyl (C=O) groups is 1. The normalized spacial score (nSPS) is 16.7. The first-order chi connectivity index (χ1) is 13.1. The maximum absolute atomic E-state index is 12.5. The lowest BCUT2D eigenvalue weighted by molar-refractivity contribution is 0.167. The van der Waals surface area contributed by atoms with Gasteiger partial charge >= 0.3 is 6.03 Å². The van der Waals surface area contributed by atoms with Gasteiger partial charge in [0.15, 0.2) is 0 Å². The number of piperidine rings is 1. The number of pyridine rings is 1. The van der Waals surface area contributed by atoms with E-state index in [0.29, 0.717) is 5.92 Å². The van der Waals surface area contributed by atoms with Gasteiger partial charge in [-0.2, -0.15) is 0 Å². The Kier molecular flexibility index (Phi) is 6.82. The Hall–Kier alpha value is -2.40. The highest BCUT2D eigenvalue weighted by atomic mass is 16.2. The van der Waals surface area contributed by atoms with Gasteiger partial charge in [0, 0.05) is 32.5 Å². The molecule has 2 amide bonds. The molecule has 144 valence electrons. The van der Waals surface area contributed by atoms with Crippen LogP contribution in [0.5, 0.6) is 0 Å². The van der Waals surface area contributed by atoms with E-state index < -0.39 is 0 Å². The third kappa shape index (κ3) is 5.54. The van der Waals surface area contributed by atoms with E-state index in [2.05, 4.69) is 45.5 Å². The zero-order valence-electron chi connectivity index (χ0n) is 16.3. The van der Waals surface area contributed by atoms with Crippen LogP contribution in [-0.4, -0.2) is 47.5 Å². The third-order valence-corrected chi connectivity index (χ3v) is 5.57. The van der Waals surface area contributed by atoms with Gasteiger partial charge in [0.1, 0.15) is 0 Å². The summed E-state index contributed by atoms with van der Waals surface area (Å²) in [6, 6.07) is 14.5. The van der Waals surface area contributed by atoms with E-state index in [1.165, 1.54) is 5.56 Å². The number of hydrogen-bond donors (Lipinski definition) is 1. The van der Waals surface area contributed by atoms with Crippen LogP contribution in [0, 0.1) is 5.92 Å². The minimum absolute atomic E-state index is 0.00594. The van der Waals surface area contributed by atoms with Crippen molar-refractivity contribution in [3.05, 3.63) is 66.0 Å². The maximum atomic E-state index is 12.5. The SMILES string of the molecule is CC(c1cccnc1)N(C)C(=O)NCC1CCN(Cc2ccccc2)CC1. The fourth-order valence-corrected chi connectivity index (χ4v) is 3.57. The molecule has 0 bridgehead atoms. The highest BCUT2D eigenvalue weighted by molar-refractivity contribution is 5.74. The van der Waals surface area contributed by atoms with Gasteiger partial charge in [0.05, 0.1) is 6.04 Å². The highest BCUT2D eigenvalue weighted by Gasteiger charge is 2.22. The number of carbonyl (C=O) groups excluding carboxylic acids is 1. The minimum atomic E-state index is -0.0157. The van der Waals surface area contributed by atoms with Crippen LogP contribution in [0.15, 0.2) is 54.9 Å². The van der Waals surface area contributed by atoms with Crippen molar-refractivity contribution in [3.63, 3.8) is 0 Å². The van der Waals surface area contributed by atoms with Gasteiger partial charge in [-0.05, 0) is 56.0 Å². The van der Waals surface area contributed by atoms with Gasteiger partial charge in [-0.1, -0.05) is 36.4 Å². The van der Waals surface area contributed by atoms with E-state index in [1.807, 2.05) is 32.3 Å². The molecule has 5 heteroatoms. The summed E-state index contributed by atoms with van der Waals surface area (Å²) in [5.41, 5.74) is 2.42. The summed E-state index contributed by atoms with van der Waals surface area (Å²) in [5, 5.41) is 3.12. The molecule has 1 aromatic heterocycles. The van der Waals surface area contributed by atoms with E-state index in [4.69, 9.17) is 0 Å². The van der Waals surface area contributed by atoms with Crippen molar-refractivity contribution in [2.24, 2.45) is 5.92 Å². The second kappa shape index (κ2) is 9.51. The molecule has 0 saturated carbocycles. The van der Waals surface area contributed by atoms with Crippen molar-refractivity contribution in [1.29, 1.82) is 0 Å². The molecular formula is C22H30N4O. The molecule has 1 atom stereocenters. The topological polar surface area (TPSA) is 48.5 Å². The molecule has 0 spiro atoms. The van der Waals surface area contributed by atoms with E-state index in [-0.39, 0.29) is 12.1 Å². The van der Waals surface area contributed by atoms with Crippen molar-refractivity contribution in [1.82, 2.24) is 20.1 Å². The summed E-state index contributed by atoms with van der Waals surface area (Å²) in [7, 11) is 1.84. The number of nitrogens with zero attached hydrogens (tertiary/aromatic N) is 3. The largest absolute Gasteiger partial charge is 0.338 e. The predicted octanol–water partition coefficient (Wildman–Crippen LogP) is 3.70. The lowest BCUT2D eigenvalue weighted by Gasteiger charge is -2.33. The summed E-state index contributed by atoms with van der Waals surface area (Å²) < 4.78 is 0. The summed E-state index contributed by atoms with van der Waals surface area (Å²) in [6.45, 7) is 5.99. The van der Waals surface area contributed by atoms with Gasteiger partial charge in [-0.25, -0.2) is 4.79 Å². The van der Waals surface area contributed by atoms with Crippen molar-refractivity contribution in [2.45, 2.75) is 32.4 Å². The summed E-state index contributed by atoms with van der Waals surface area (Å²) in [5.74, 6) is 0.558. The summed E-state index contributed by atoms with van der Waals surface area (Å²) >= 11 is 0. The van der Waals surface area contributed by atoms with Crippen molar-refractivity contribution in [2.75, 3.05) is 26.7 Å². The number of rotatable bonds is 6. The zero-order chi connectivity index (χ0) is 19.1. The molecule has 1 aliphatic heterocycles. The molecule has 1 unspecified atom stereocenters.